The molecule has 0 radical (unpaired) electrons. The number of nitriles is 1. The molecule has 0 aliphatic heterocycles. The lowest BCUT2D eigenvalue weighted by Gasteiger charge is -2.11. The molecule has 37 heavy (non-hydrogen) atoms. The largest absolute Gasteiger partial charge is 0.487 e. The lowest BCUT2D eigenvalue weighted by Crippen LogP contribution is -1.99. The van der Waals surface area contributed by atoms with Crippen LogP contribution in [0.1, 0.15) is 11.1 Å². The molecule has 9 nitrogen and oxygen atoms in total. The molecule has 0 bridgehead atoms. The van der Waals surface area contributed by atoms with E-state index in [1.54, 1.807) is 24.4 Å². The Bertz CT molecular complexity index is 1720. The van der Waals surface area contributed by atoms with Gasteiger partial charge < -0.3 is 20.0 Å². The number of hydrogen-bond donors (Lipinski definition) is 3. The van der Waals surface area contributed by atoms with E-state index in [9.17, 15) is 0 Å². The second-order valence-corrected chi connectivity index (χ2v) is 8.46. The van der Waals surface area contributed by atoms with Gasteiger partial charge in [-0.3, -0.25) is 0 Å². The fraction of sp³-hybridized carbons (Fsp3) is 0.0385. The van der Waals surface area contributed by atoms with Crippen LogP contribution < -0.4 is 10.1 Å². The Morgan fingerprint density at radius 3 is 2.35 bits per heavy atom. The van der Waals surface area contributed by atoms with Crippen LogP contribution >= 0.6 is 23.2 Å². The Balaban J connectivity index is 0.000000233. The summed E-state index contributed by atoms with van der Waals surface area (Å²) in [5, 5.41) is 13.3. The molecule has 0 saturated heterocycles. The Morgan fingerprint density at radius 2 is 1.59 bits per heavy atom. The molecular weight excluding hydrogens is 511 g/mol. The van der Waals surface area contributed by atoms with Gasteiger partial charge in [0.1, 0.15) is 36.0 Å². The first-order chi connectivity index (χ1) is 18.1. The zero-order valence-corrected chi connectivity index (χ0v) is 20.6. The molecule has 6 aromatic rings. The van der Waals surface area contributed by atoms with Crippen molar-refractivity contribution in [2.24, 2.45) is 0 Å². The molecule has 4 heterocycles. The third kappa shape index (κ3) is 5.46. The van der Waals surface area contributed by atoms with E-state index in [0.717, 1.165) is 33.3 Å². The van der Waals surface area contributed by atoms with E-state index in [-0.39, 0.29) is 6.61 Å². The van der Waals surface area contributed by atoms with Crippen LogP contribution in [0, 0.1) is 11.3 Å². The minimum absolute atomic E-state index is 0.269. The molecular formula is C26H18Cl2N8O. The summed E-state index contributed by atoms with van der Waals surface area (Å²) in [5.41, 5.74) is 5.47. The third-order valence-corrected chi connectivity index (χ3v) is 5.94. The van der Waals surface area contributed by atoms with Crippen LogP contribution in [-0.4, -0.2) is 29.9 Å². The lowest BCUT2D eigenvalue weighted by atomic mass is 10.1. The molecule has 6 rings (SSSR count). The molecule has 0 amide bonds. The van der Waals surface area contributed by atoms with Gasteiger partial charge in [0.2, 0.25) is 0 Å². The van der Waals surface area contributed by atoms with Crippen molar-refractivity contribution in [1.29, 1.82) is 5.26 Å². The Kier molecular flexibility index (Phi) is 7.12. The first-order valence-corrected chi connectivity index (χ1v) is 11.8. The molecule has 2 aromatic carbocycles. The molecule has 0 unspecified atom stereocenters. The van der Waals surface area contributed by atoms with Crippen LogP contribution in [0.2, 0.25) is 10.2 Å². The first kappa shape index (κ1) is 24.1. The zero-order chi connectivity index (χ0) is 25.6. The number of H-pyrrole nitrogens is 2. The second kappa shape index (κ2) is 11.0. The molecule has 0 fully saturated rings. The number of nitrogens with zero attached hydrogens (tertiary/aromatic N) is 5. The van der Waals surface area contributed by atoms with Crippen molar-refractivity contribution in [1.82, 2.24) is 29.9 Å². The highest BCUT2D eigenvalue weighted by Gasteiger charge is 2.09. The molecule has 0 aliphatic rings. The summed E-state index contributed by atoms with van der Waals surface area (Å²) in [4.78, 5) is 22.3. The molecule has 11 heteroatoms. The molecule has 0 atom stereocenters. The Morgan fingerprint density at radius 1 is 0.865 bits per heavy atom. The maximum atomic E-state index is 9.15. The zero-order valence-electron chi connectivity index (χ0n) is 19.1. The summed E-state index contributed by atoms with van der Waals surface area (Å²) in [6, 6.07) is 18.6. The van der Waals surface area contributed by atoms with E-state index in [1.807, 2.05) is 42.6 Å². The average Bonchev–Trinajstić information content (AvgIpc) is 3.60. The highest BCUT2D eigenvalue weighted by Crippen LogP contribution is 2.30. The minimum atomic E-state index is 0.269. The summed E-state index contributed by atoms with van der Waals surface area (Å²) in [6.45, 7) is 0.269. The number of hydrogen-bond acceptors (Lipinski definition) is 7. The van der Waals surface area contributed by atoms with Gasteiger partial charge in [-0.15, -0.1) is 0 Å². The smallest absolute Gasteiger partial charge is 0.158 e. The number of fused-ring (bicyclic) bond motifs is 2. The van der Waals surface area contributed by atoms with Gasteiger partial charge in [0, 0.05) is 23.6 Å². The van der Waals surface area contributed by atoms with Gasteiger partial charge >= 0.3 is 0 Å². The second-order valence-electron chi connectivity index (χ2n) is 7.69. The lowest BCUT2D eigenvalue weighted by molar-refractivity contribution is 0.306. The van der Waals surface area contributed by atoms with Crippen molar-refractivity contribution in [2.45, 2.75) is 6.61 Å². The van der Waals surface area contributed by atoms with Gasteiger partial charge in [-0.05, 0) is 36.4 Å². The number of nitrogens with one attached hydrogen (secondary N) is 3. The summed E-state index contributed by atoms with van der Waals surface area (Å²) in [5.74, 6) is 1.21. The quantitative estimate of drug-likeness (QED) is 0.220. The number of aromatic amines is 2. The van der Waals surface area contributed by atoms with Crippen LogP contribution in [0.3, 0.4) is 0 Å². The molecule has 0 aliphatic carbocycles. The van der Waals surface area contributed by atoms with E-state index in [4.69, 9.17) is 33.2 Å². The van der Waals surface area contributed by atoms with E-state index >= 15 is 0 Å². The number of halogens is 2. The topological polar surface area (TPSA) is 128 Å². The minimum Gasteiger partial charge on any atom is -0.487 e. The van der Waals surface area contributed by atoms with Crippen molar-refractivity contribution < 1.29 is 4.74 Å². The van der Waals surface area contributed by atoms with Gasteiger partial charge in [-0.2, -0.15) is 5.26 Å². The van der Waals surface area contributed by atoms with E-state index in [2.05, 4.69) is 41.3 Å². The number of ether oxygens (including phenoxy) is 1. The van der Waals surface area contributed by atoms with Crippen LogP contribution in [0.5, 0.6) is 5.75 Å². The van der Waals surface area contributed by atoms with Gasteiger partial charge in [-0.1, -0.05) is 41.4 Å². The maximum Gasteiger partial charge on any atom is 0.158 e. The first-order valence-electron chi connectivity index (χ1n) is 11.0. The molecule has 182 valence electrons. The summed E-state index contributed by atoms with van der Waals surface area (Å²) in [6.07, 6.45) is 6.54. The van der Waals surface area contributed by atoms with Crippen LogP contribution in [0.25, 0.3) is 22.1 Å². The fourth-order valence-corrected chi connectivity index (χ4v) is 3.98. The van der Waals surface area contributed by atoms with Gasteiger partial charge in [0.05, 0.1) is 27.7 Å². The van der Waals surface area contributed by atoms with Crippen molar-refractivity contribution in [3.05, 3.63) is 101 Å². The monoisotopic (exact) mass is 528 g/mol. The highest BCUT2D eigenvalue weighted by molar-refractivity contribution is 6.33. The van der Waals surface area contributed by atoms with E-state index in [0.29, 0.717) is 27.3 Å². The number of rotatable bonds is 5. The molecule has 4 aromatic heterocycles. The average molecular weight is 529 g/mol. The fourth-order valence-electron chi connectivity index (χ4n) is 3.55. The Labute approximate surface area is 221 Å². The molecule has 0 spiro atoms. The van der Waals surface area contributed by atoms with Crippen molar-refractivity contribution >= 4 is 56.8 Å². The predicted molar refractivity (Wildman–Crippen MR) is 143 cm³/mol. The number of benzene rings is 2. The van der Waals surface area contributed by atoms with Gasteiger partial charge in [-0.25, -0.2) is 19.9 Å². The van der Waals surface area contributed by atoms with E-state index < -0.39 is 0 Å². The summed E-state index contributed by atoms with van der Waals surface area (Å²) in [7, 11) is 0. The predicted octanol–water partition coefficient (Wildman–Crippen LogP) is 6.42. The van der Waals surface area contributed by atoms with Crippen LogP contribution in [0.4, 0.5) is 11.5 Å². The standard InChI is InChI=1S/C20H14ClN5O.C6H4ClN3/c21-16-9-15(26-20-19-17(7-8-23-19)24-12-25-20)5-6-18(16)27-11-14-4-2-1-3-13(14)10-22;7-6-5-4(1-2-8-5)9-3-10-6/h1-9,12,23H,11H2,(H,24,25,26);1-3,8H. The van der Waals surface area contributed by atoms with Crippen molar-refractivity contribution in [2.75, 3.05) is 5.32 Å². The Hall–Kier alpha value is -4.65. The van der Waals surface area contributed by atoms with E-state index in [1.165, 1.54) is 12.7 Å². The molecule has 3 N–H and O–H groups in total. The summed E-state index contributed by atoms with van der Waals surface area (Å²) >= 11 is 12.1. The SMILES string of the molecule is Clc1ncnc2cc[nH]c12.N#Cc1ccccc1COc1ccc(Nc2ncnc3cc[nH]c23)cc1Cl. The highest BCUT2D eigenvalue weighted by atomic mass is 35.5. The third-order valence-electron chi connectivity index (χ3n) is 5.36. The van der Waals surface area contributed by atoms with Crippen molar-refractivity contribution in [3.8, 4) is 11.8 Å². The van der Waals surface area contributed by atoms with Crippen LogP contribution in [0.15, 0.2) is 79.6 Å². The van der Waals surface area contributed by atoms with Crippen molar-refractivity contribution in [3.63, 3.8) is 0 Å². The number of aromatic nitrogens is 6. The summed E-state index contributed by atoms with van der Waals surface area (Å²) < 4.78 is 5.79. The van der Waals surface area contributed by atoms with Gasteiger partial charge in [0.25, 0.3) is 0 Å². The van der Waals surface area contributed by atoms with Crippen LogP contribution in [-0.2, 0) is 6.61 Å². The number of anilines is 2. The van der Waals surface area contributed by atoms with Gasteiger partial charge in [0.15, 0.2) is 11.0 Å². The molecule has 0 saturated carbocycles. The normalized spacial score (nSPS) is 10.5. The maximum absolute atomic E-state index is 9.15.